The van der Waals surface area contributed by atoms with E-state index in [0.29, 0.717) is 18.7 Å². The standard InChI is InChI=1S/C30H34FN3O2/c1-22-9-11-23(12-10-22)30(35)34-20-25(29(21-34)24-5-3-6-26(31)17-24)19-32-13-15-33(16-14-32)27-7-4-8-28(18-27)36-2/h3-12,17-18,25,29H,13-16,19-21H2,1-2H3/t25-,29-/m0/s1. The second-order valence-electron chi connectivity index (χ2n) is 9.99. The molecule has 36 heavy (non-hydrogen) atoms. The van der Waals surface area contributed by atoms with Crippen LogP contribution in [0.3, 0.4) is 0 Å². The smallest absolute Gasteiger partial charge is 0.253 e. The van der Waals surface area contributed by atoms with Gasteiger partial charge < -0.3 is 14.5 Å². The Morgan fingerprint density at radius 3 is 2.42 bits per heavy atom. The number of likely N-dealkylation sites (tertiary alicyclic amines) is 1. The van der Waals surface area contributed by atoms with Gasteiger partial charge in [-0.3, -0.25) is 9.69 Å². The van der Waals surface area contributed by atoms with Gasteiger partial charge in [-0.1, -0.05) is 35.9 Å². The first kappa shape index (κ1) is 24.3. The highest BCUT2D eigenvalue weighted by molar-refractivity contribution is 5.94. The number of halogens is 1. The van der Waals surface area contributed by atoms with Crippen LogP contribution in [0.2, 0.25) is 0 Å². The number of ether oxygens (including phenoxy) is 1. The second kappa shape index (κ2) is 10.7. The van der Waals surface area contributed by atoms with Crippen LogP contribution in [-0.4, -0.2) is 68.6 Å². The van der Waals surface area contributed by atoms with Crippen LogP contribution in [0.25, 0.3) is 0 Å². The van der Waals surface area contributed by atoms with E-state index in [4.69, 9.17) is 4.74 Å². The maximum absolute atomic E-state index is 14.1. The Hall–Kier alpha value is -3.38. The van der Waals surface area contributed by atoms with E-state index in [0.717, 1.165) is 49.6 Å². The summed E-state index contributed by atoms with van der Waals surface area (Å²) in [6.45, 7) is 8.01. The Labute approximate surface area is 213 Å². The molecule has 0 aliphatic carbocycles. The third-order valence-corrected chi connectivity index (χ3v) is 7.59. The number of benzene rings is 3. The third-order valence-electron chi connectivity index (χ3n) is 7.59. The molecule has 0 unspecified atom stereocenters. The number of amides is 1. The van der Waals surface area contributed by atoms with Crippen LogP contribution in [-0.2, 0) is 0 Å². The average molecular weight is 488 g/mol. The summed E-state index contributed by atoms with van der Waals surface area (Å²) in [5, 5.41) is 0. The molecular weight excluding hydrogens is 453 g/mol. The van der Waals surface area contributed by atoms with Crippen LogP contribution in [0.4, 0.5) is 10.1 Å². The monoisotopic (exact) mass is 487 g/mol. The third kappa shape index (κ3) is 5.39. The number of hydrogen-bond acceptors (Lipinski definition) is 4. The van der Waals surface area contributed by atoms with Gasteiger partial charge in [0.1, 0.15) is 11.6 Å². The zero-order valence-electron chi connectivity index (χ0n) is 21.1. The van der Waals surface area contributed by atoms with Crippen molar-refractivity contribution >= 4 is 11.6 Å². The summed E-state index contributed by atoms with van der Waals surface area (Å²) in [4.78, 5) is 20.2. The van der Waals surface area contributed by atoms with Crippen molar-refractivity contribution in [1.82, 2.24) is 9.80 Å². The molecule has 188 valence electrons. The van der Waals surface area contributed by atoms with Crippen molar-refractivity contribution in [2.24, 2.45) is 5.92 Å². The minimum absolute atomic E-state index is 0.0572. The van der Waals surface area contributed by atoms with Crippen molar-refractivity contribution in [3.05, 3.63) is 95.3 Å². The number of aryl methyl sites for hydroxylation is 1. The number of anilines is 1. The fourth-order valence-corrected chi connectivity index (χ4v) is 5.54. The lowest BCUT2D eigenvalue weighted by atomic mass is 9.88. The topological polar surface area (TPSA) is 36.0 Å². The van der Waals surface area contributed by atoms with Gasteiger partial charge in [-0.15, -0.1) is 0 Å². The number of hydrogen-bond donors (Lipinski definition) is 0. The van der Waals surface area contributed by atoms with Gasteiger partial charge in [0.05, 0.1) is 7.11 Å². The van der Waals surface area contributed by atoms with Crippen LogP contribution in [0.5, 0.6) is 5.75 Å². The van der Waals surface area contributed by atoms with Gasteiger partial charge >= 0.3 is 0 Å². The summed E-state index contributed by atoms with van der Waals surface area (Å²) in [5.41, 5.74) is 4.01. The van der Waals surface area contributed by atoms with E-state index < -0.39 is 0 Å². The van der Waals surface area contributed by atoms with Crippen LogP contribution >= 0.6 is 0 Å². The number of nitrogens with zero attached hydrogens (tertiary/aromatic N) is 3. The lowest BCUT2D eigenvalue weighted by Gasteiger charge is -2.38. The minimum atomic E-state index is -0.221. The zero-order chi connectivity index (χ0) is 25.1. The highest BCUT2D eigenvalue weighted by atomic mass is 19.1. The van der Waals surface area contributed by atoms with Gasteiger partial charge in [0, 0.05) is 69.0 Å². The molecule has 3 aromatic carbocycles. The van der Waals surface area contributed by atoms with E-state index in [1.54, 1.807) is 19.2 Å². The lowest BCUT2D eigenvalue weighted by molar-refractivity contribution is 0.0782. The molecule has 2 aliphatic heterocycles. The summed E-state index contributed by atoms with van der Waals surface area (Å²) in [7, 11) is 1.69. The Morgan fingerprint density at radius 1 is 0.944 bits per heavy atom. The van der Waals surface area contributed by atoms with E-state index in [9.17, 15) is 9.18 Å². The highest BCUT2D eigenvalue weighted by Crippen LogP contribution is 2.35. The summed E-state index contributed by atoms with van der Waals surface area (Å²) in [6, 6.07) is 22.9. The van der Waals surface area contributed by atoms with Crippen LogP contribution in [0, 0.1) is 18.7 Å². The molecule has 0 radical (unpaired) electrons. The quantitative estimate of drug-likeness (QED) is 0.500. The van der Waals surface area contributed by atoms with E-state index in [1.165, 1.54) is 11.8 Å². The zero-order valence-corrected chi connectivity index (χ0v) is 21.1. The summed E-state index contributed by atoms with van der Waals surface area (Å²) in [6.07, 6.45) is 0. The van der Waals surface area contributed by atoms with E-state index in [1.807, 2.05) is 54.3 Å². The summed E-state index contributed by atoms with van der Waals surface area (Å²) < 4.78 is 19.5. The molecule has 0 aromatic heterocycles. The predicted molar refractivity (Wildman–Crippen MR) is 141 cm³/mol. The van der Waals surface area contributed by atoms with Crippen molar-refractivity contribution in [2.75, 3.05) is 57.8 Å². The first-order chi connectivity index (χ1) is 17.5. The predicted octanol–water partition coefficient (Wildman–Crippen LogP) is 4.82. The molecule has 0 saturated carbocycles. The van der Waals surface area contributed by atoms with Gasteiger partial charge in [-0.05, 0) is 54.8 Å². The molecule has 2 saturated heterocycles. The fraction of sp³-hybridized carbons (Fsp3) is 0.367. The van der Waals surface area contributed by atoms with Crippen molar-refractivity contribution in [3.63, 3.8) is 0 Å². The molecular formula is C30H34FN3O2. The second-order valence-corrected chi connectivity index (χ2v) is 9.99. The van der Waals surface area contributed by atoms with E-state index in [-0.39, 0.29) is 23.6 Å². The molecule has 0 spiro atoms. The molecule has 5 nitrogen and oxygen atoms in total. The molecule has 3 aromatic rings. The van der Waals surface area contributed by atoms with Crippen molar-refractivity contribution in [2.45, 2.75) is 12.8 Å². The maximum atomic E-state index is 14.1. The molecule has 5 rings (SSSR count). The molecule has 0 bridgehead atoms. The van der Waals surface area contributed by atoms with Gasteiger partial charge in [0.2, 0.25) is 0 Å². The lowest BCUT2D eigenvalue weighted by Crippen LogP contribution is -2.48. The molecule has 1 amide bonds. The van der Waals surface area contributed by atoms with Gasteiger partial charge in [0.15, 0.2) is 0 Å². The minimum Gasteiger partial charge on any atom is -0.497 e. The largest absolute Gasteiger partial charge is 0.497 e. The Bertz CT molecular complexity index is 1190. The van der Waals surface area contributed by atoms with Crippen LogP contribution in [0.15, 0.2) is 72.8 Å². The van der Waals surface area contributed by atoms with Gasteiger partial charge in [-0.2, -0.15) is 0 Å². The molecule has 2 heterocycles. The normalized spacial score (nSPS) is 20.5. The first-order valence-corrected chi connectivity index (χ1v) is 12.7. The highest BCUT2D eigenvalue weighted by Gasteiger charge is 2.38. The van der Waals surface area contributed by atoms with Gasteiger partial charge in [-0.25, -0.2) is 4.39 Å². The van der Waals surface area contributed by atoms with E-state index in [2.05, 4.69) is 21.9 Å². The Morgan fingerprint density at radius 2 is 1.69 bits per heavy atom. The van der Waals surface area contributed by atoms with Crippen LogP contribution in [0.1, 0.15) is 27.4 Å². The summed E-state index contributed by atoms with van der Waals surface area (Å²) >= 11 is 0. The maximum Gasteiger partial charge on any atom is 0.253 e. The Kier molecular flexibility index (Phi) is 7.23. The molecule has 0 N–H and O–H groups in total. The fourth-order valence-electron chi connectivity index (χ4n) is 5.54. The van der Waals surface area contributed by atoms with Crippen molar-refractivity contribution < 1.29 is 13.9 Å². The number of carbonyl (C=O) groups excluding carboxylic acids is 1. The number of methoxy groups -OCH3 is 1. The molecule has 2 aliphatic rings. The van der Waals surface area contributed by atoms with Crippen molar-refractivity contribution in [1.29, 1.82) is 0 Å². The molecule has 6 heteroatoms. The van der Waals surface area contributed by atoms with Crippen molar-refractivity contribution in [3.8, 4) is 5.75 Å². The molecule has 2 atom stereocenters. The SMILES string of the molecule is COc1cccc(N2CCN(C[C@H]3CN(C(=O)c4ccc(C)cc4)C[C@H]3c3cccc(F)c3)CC2)c1. The Balaban J connectivity index is 1.28. The molecule has 2 fully saturated rings. The number of carbonyl (C=O) groups is 1. The first-order valence-electron chi connectivity index (χ1n) is 12.7. The van der Waals surface area contributed by atoms with E-state index >= 15 is 0 Å². The number of rotatable bonds is 6. The van der Waals surface area contributed by atoms with Gasteiger partial charge in [0.25, 0.3) is 5.91 Å². The summed E-state index contributed by atoms with van der Waals surface area (Å²) in [5.74, 6) is 1.08. The van der Waals surface area contributed by atoms with Crippen LogP contribution < -0.4 is 9.64 Å². The average Bonchev–Trinajstić information content (AvgIpc) is 3.33. The number of piperazine rings is 1.